The molecule has 5 heteroatoms. The third-order valence-electron chi connectivity index (χ3n) is 5.46. The lowest BCUT2D eigenvalue weighted by Crippen LogP contribution is -2.42. The van der Waals surface area contributed by atoms with Gasteiger partial charge in [-0.2, -0.15) is 0 Å². The van der Waals surface area contributed by atoms with Crippen LogP contribution in [0.15, 0.2) is 91.0 Å². The van der Waals surface area contributed by atoms with Gasteiger partial charge < -0.3 is 9.30 Å². The summed E-state index contributed by atoms with van der Waals surface area (Å²) in [4.78, 5) is 13.4. The highest BCUT2D eigenvalue weighted by Gasteiger charge is 2.38. The maximum absolute atomic E-state index is 14.2. The van der Waals surface area contributed by atoms with E-state index in [-0.39, 0.29) is 18.5 Å². The molecule has 1 unspecified atom stereocenters. The maximum Gasteiger partial charge on any atom is 0.324 e. The van der Waals surface area contributed by atoms with Gasteiger partial charge in [0.15, 0.2) is 7.29 Å². The molecule has 0 saturated heterocycles. The number of esters is 1. The van der Waals surface area contributed by atoms with Crippen molar-refractivity contribution < 1.29 is 14.1 Å². The number of hydrogen-bond donors (Lipinski definition) is 0. The lowest BCUT2D eigenvalue weighted by Gasteiger charge is -2.36. The van der Waals surface area contributed by atoms with Gasteiger partial charge in [0.1, 0.15) is 12.6 Å². The van der Waals surface area contributed by atoms with Crippen LogP contribution in [0.3, 0.4) is 0 Å². The fourth-order valence-electron chi connectivity index (χ4n) is 3.75. The van der Waals surface area contributed by atoms with Gasteiger partial charge in [0.25, 0.3) is 0 Å². The van der Waals surface area contributed by atoms with Crippen molar-refractivity contribution in [3.05, 3.63) is 102 Å². The van der Waals surface area contributed by atoms with Crippen molar-refractivity contribution in [3.63, 3.8) is 0 Å². The third-order valence-corrected chi connectivity index (χ3v) is 8.12. The number of rotatable bonds is 10. The van der Waals surface area contributed by atoms with Crippen molar-refractivity contribution in [2.24, 2.45) is 5.92 Å². The van der Waals surface area contributed by atoms with Gasteiger partial charge in [0.05, 0.1) is 0 Å². The predicted octanol–water partition coefficient (Wildman–Crippen LogP) is 5.88. The largest absolute Gasteiger partial charge is 0.460 e. The van der Waals surface area contributed by atoms with E-state index in [4.69, 9.17) is 4.74 Å². The van der Waals surface area contributed by atoms with Gasteiger partial charge in [0.2, 0.25) is 0 Å². The Morgan fingerprint density at radius 3 is 1.88 bits per heavy atom. The summed E-state index contributed by atoms with van der Waals surface area (Å²) in [5.41, 5.74) is 1.94. The van der Waals surface area contributed by atoms with Gasteiger partial charge in [-0.15, -0.1) is 0 Å². The van der Waals surface area contributed by atoms with Crippen molar-refractivity contribution in [2.45, 2.75) is 39.5 Å². The van der Waals surface area contributed by atoms with Crippen LogP contribution < -0.4 is 5.30 Å². The molecule has 0 N–H and O–H groups in total. The molecule has 168 valence electrons. The Kier molecular flexibility index (Phi) is 8.44. The van der Waals surface area contributed by atoms with E-state index in [0.29, 0.717) is 13.0 Å². The average Bonchev–Trinajstić information content (AvgIpc) is 2.81. The molecular weight excluding hydrogens is 417 g/mol. The molecule has 0 radical (unpaired) electrons. The first-order chi connectivity index (χ1) is 15.4. The van der Waals surface area contributed by atoms with Crippen molar-refractivity contribution >= 4 is 18.6 Å². The minimum absolute atomic E-state index is 0.201. The number of hydrogen-bond acceptors (Lipinski definition) is 3. The molecule has 0 fully saturated rings. The van der Waals surface area contributed by atoms with Gasteiger partial charge in [0, 0.05) is 18.5 Å². The molecule has 0 amide bonds. The van der Waals surface area contributed by atoms with Gasteiger partial charge in [-0.25, -0.2) is 4.67 Å². The van der Waals surface area contributed by atoms with E-state index < -0.39 is 13.3 Å². The van der Waals surface area contributed by atoms with E-state index in [1.54, 1.807) is 6.66 Å². The molecule has 0 saturated carbocycles. The van der Waals surface area contributed by atoms with Gasteiger partial charge in [-0.05, 0) is 23.5 Å². The lowest BCUT2D eigenvalue weighted by molar-refractivity contribution is -0.150. The summed E-state index contributed by atoms with van der Waals surface area (Å²) in [5, 5.41) is 0.737. The second-order valence-corrected chi connectivity index (χ2v) is 11.3. The molecule has 2 atom stereocenters. The van der Waals surface area contributed by atoms with Crippen LogP contribution in [0.2, 0.25) is 0 Å². The van der Waals surface area contributed by atoms with Crippen LogP contribution >= 0.6 is 7.29 Å². The standard InChI is InChI=1S/C27H32NO3P/c1-22(2)19-26(27(29)31-21-24-15-9-5-10-16-24)28(20-23-13-7-4-8-14-23)32(3,30)25-17-11-6-12-18-25/h4-18,22,26H,19-21H2,1-3H3/t26-,32?/m1/s1. The maximum atomic E-state index is 14.2. The molecule has 0 aliphatic heterocycles. The number of carbonyl (C=O) groups is 1. The van der Waals surface area contributed by atoms with E-state index >= 15 is 0 Å². The zero-order chi connectivity index (χ0) is 23.0. The summed E-state index contributed by atoms with van der Waals surface area (Å²) in [6.45, 7) is 6.50. The molecule has 0 bridgehead atoms. The molecule has 0 aromatic heterocycles. The zero-order valence-electron chi connectivity index (χ0n) is 19.1. The number of carbonyl (C=O) groups excluding carboxylic acids is 1. The van der Waals surface area contributed by atoms with Crippen molar-refractivity contribution in [2.75, 3.05) is 6.66 Å². The first-order valence-corrected chi connectivity index (χ1v) is 13.1. The van der Waals surface area contributed by atoms with Crippen LogP contribution in [0.1, 0.15) is 31.4 Å². The molecule has 0 aliphatic rings. The van der Waals surface area contributed by atoms with Crippen LogP contribution in [0.5, 0.6) is 0 Å². The van der Waals surface area contributed by atoms with Crippen LogP contribution in [0, 0.1) is 5.92 Å². The van der Waals surface area contributed by atoms with E-state index in [2.05, 4.69) is 13.8 Å². The number of ether oxygens (including phenoxy) is 1. The van der Waals surface area contributed by atoms with Gasteiger partial charge in [-0.3, -0.25) is 4.79 Å². The molecule has 3 rings (SSSR count). The first-order valence-electron chi connectivity index (χ1n) is 11.0. The predicted molar refractivity (Wildman–Crippen MR) is 131 cm³/mol. The highest BCUT2D eigenvalue weighted by molar-refractivity contribution is 7.68. The molecule has 4 nitrogen and oxygen atoms in total. The molecular formula is C27H32NO3P. The minimum Gasteiger partial charge on any atom is -0.460 e. The first kappa shape index (κ1) is 24.0. The second kappa shape index (κ2) is 11.3. The van der Waals surface area contributed by atoms with Crippen molar-refractivity contribution in [1.29, 1.82) is 0 Å². The fraction of sp³-hybridized carbons (Fsp3) is 0.296. The zero-order valence-corrected chi connectivity index (χ0v) is 19.9. The van der Waals surface area contributed by atoms with Crippen LogP contribution in [0.4, 0.5) is 0 Å². The van der Waals surface area contributed by atoms with Crippen LogP contribution in [-0.4, -0.2) is 23.3 Å². The third kappa shape index (κ3) is 6.41. The summed E-state index contributed by atoms with van der Waals surface area (Å²) in [7, 11) is -3.05. The Bertz CT molecular complexity index is 1020. The smallest absolute Gasteiger partial charge is 0.324 e. The molecule has 0 aliphatic carbocycles. The summed E-state index contributed by atoms with van der Waals surface area (Å²) in [6.07, 6.45) is 0.561. The number of benzene rings is 3. The Labute approximate surface area is 191 Å². The summed E-state index contributed by atoms with van der Waals surface area (Å²) in [6, 6.07) is 28.3. The topological polar surface area (TPSA) is 46.6 Å². The summed E-state index contributed by atoms with van der Waals surface area (Å²) < 4.78 is 21.8. The molecule has 0 heterocycles. The van der Waals surface area contributed by atoms with E-state index in [1.165, 1.54) is 0 Å². The van der Waals surface area contributed by atoms with Crippen molar-refractivity contribution in [1.82, 2.24) is 4.67 Å². The Hall–Kier alpha value is -2.68. The molecule has 32 heavy (non-hydrogen) atoms. The molecule has 0 spiro atoms. The monoisotopic (exact) mass is 449 g/mol. The Morgan fingerprint density at radius 1 is 0.844 bits per heavy atom. The molecule has 3 aromatic rings. The normalized spacial score (nSPS) is 14.2. The minimum atomic E-state index is -3.05. The quantitative estimate of drug-likeness (QED) is 0.286. The van der Waals surface area contributed by atoms with E-state index in [9.17, 15) is 9.36 Å². The highest BCUT2D eigenvalue weighted by atomic mass is 31.2. The summed E-state index contributed by atoms with van der Waals surface area (Å²) in [5.74, 6) is -0.102. The fourth-order valence-corrected chi connectivity index (χ4v) is 5.92. The molecule has 3 aromatic carbocycles. The Balaban J connectivity index is 1.94. The average molecular weight is 450 g/mol. The van der Waals surface area contributed by atoms with E-state index in [0.717, 1.165) is 16.4 Å². The van der Waals surface area contributed by atoms with E-state index in [1.807, 2.05) is 95.7 Å². The Morgan fingerprint density at radius 2 is 1.34 bits per heavy atom. The van der Waals surface area contributed by atoms with Crippen LogP contribution in [0.25, 0.3) is 0 Å². The second-order valence-electron chi connectivity index (χ2n) is 8.54. The number of nitrogens with zero attached hydrogens (tertiary/aromatic N) is 1. The van der Waals surface area contributed by atoms with Gasteiger partial charge in [-0.1, -0.05) is 105 Å². The summed E-state index contributed by atoms with van der Waals surface area (Å²) >= 11 is 0. The lowest BCUT2D eigenvalue weighted by atomic mass is 10.0. The van der Waals surface area contributed by atoms with Gasteiger partial charge >= 0.3 is 5.97 Å². The highest BCUT2D eigenvalue weighted by Crippen LogP contribution is 2.48. The van der Waals surface area contributed by atoms with Crippen LogP contribution in [-0.2, 0) is 27.2 Å². The van der Waals surface area contributed by atoms with Crippen molar-refractivity contribution in [3.8, 4) is 0 Å². The SMILES string of the molecule is CC(C)C[C@H](C(=O)OCc1ccccc1)N(Cc1ccccc1)P(C)(=O)c1ccccc1.